The Morgan fingerprint density at radius 1 is 1.60 bits per heavy atom. The third kappa shape index (κ3) is 2.21. The van der Waals surface area contributed by atoms with Crippen molar-refractivity contribution < 1.29 is 4.52 Å². The second kappa shape index (κ2) is 4.22. The van der Waals surface area contributed by atoms with Gasteiger partial charge in [-0.05, 0) is 12.5 Å². The van der Waals surface area contributed by atoms with Crippen LogP contribution in [0.5, 0.6) is 0 Å². The molecule has 3 N–H and O–H groups in total. The molecule has 0 fully saturated rings. The minimum absolute atomic E-state index is 0.0808. The lowest BCUT2D eigenvalue weighted by molar-refractivity contribution is 0.418. The summed E-state index contributed by atoms with van der Waals surface area (Å²) in [6, 6.07) is 1.86. The Morgan fingerprint density at radius 2 is 2.47 bits per heavy atom. The minimum atomic E-state index is 0.0808. The zero-order valence-electron chi connectivity index (χ0n) is 8.47. The molecule has 2 aromatic rings. The fourth-order valence-electron chi connectivity index (χ4n) is 1.20. The van der Waals surface area contributed by atoms with E-state index in [9.17, 15) is 0 Å². The molecule has 6 heteroatoms. The van der Waals surface area contributed by atoms with E-state index < -0.39 is 0 Å². The molecule has 1 atom stereocenters. The smallest absolute Gasteiger partial charge is 0.275 e. The van der Waals surface area contributed by atoms with Crippen molar-refractivity contribution >= 4 is 0 Å². The summed E-state index contributed by atoms with van der Waals surface area (Å²) >= 11 is 0. The lowest BCUT2D eigenvalue weighted by Crippen LogP contribution is -2.21. The highest BCUT2D eigenvalue weighted by Gasteiger charge is 2.11. The third-order valence-corrected chi connectivity index (χ3v) is 2.17. The molecule has 0 radical (unpaired) electrons. The van der Waals surface area contributed by atoms with Gasteiger partial charge in [-0.15, -0.1) is 0 Å². The number of H-pyrrole nitrogens is 1. The zero-order chi connectivity index (χ0) is 10.7. The van der Waals surface area contributed by atoms with Gasteiger partial charge in [0.25, 0.3) is 5.89 Å². The van der Waals surface area contributed by atoms with Gasteiger partial charge in [0.1, 0.15) is 5.69 Å². The SMILES string of the molecule is CCC(N)Cc1noc(-c2ccn[nH]2)n1. The Bertz CT molecular complexity index is 408. The Kier molecular flexibility index (Phi) is 2.77. The summed E-state index contributed by atoms with van der Waals surface area (Å²) in [4.78, 5) is 4.21. The number of hydrogen-bond acceptors (Lipinski definition) is 5. The molecule has 0 aliphatic rings. The van der Waals surface area contributed by atoms with Crippen LogP contribution in [0.4, 0.5) is 0 Å². The molecule has 2 aromatic heterocycles. The van der Waals surface area contributed by atoms with Gasteiger partial charge in [-0.1, -0.05) is 12.1 Å². The molecule has 6 nitrogen and oxygen atoms in total. The summed E-state index contributed by atoms with van der Waals surface area (Å²) in [6.45, 7) is 2.03. The first-order chi connectivity index (χ1) is 7.29. The van der Waals surface area contributed by atoms with E-state index in [0.717, 1.165) is 12.1 Å². The summed E-state index contributed by atoms with van der Waals surface area (Å²) in [5.41, 5.74) is 6.51. The minimum Gasteiger partial charge on any atom is -0.332 e. The van der Waals surface area contributed by atoms with Crippen molar-refractivity contribution in [3.8, 4) is 11.6 Å². The summed E-state index contributed by atoms with van der Waals surface area (Å²) in [5.74, 6) is 1.08. The van der Waals surface area contributed by atoms with E-state index in [2.05, 4.69) is 20.3 Å². The maximum Gasteiger partial charge on any atom is 0.275 e. The van der Waals surface area contributed by atoms with Crippen LogP contribution in [0.1, 0.15) is 19.2 Å². The highest BCUT2D eigenvalue weighted by atomic mass is 16.5. The molecule has 15 heavy (non-hydrogen) atoms. The van der Waals surface area contributed by atoms with Gasteiger partial charge < -0.3 is 10.3 Å². The van der Waals surface area contributed by atoms with Crippen LogP contribution >= 0.6 is 0 Å². The van der Waals surface area contributed by atoms with E-state index in [1.165, 1.54) is 0 Å². The second-order valence-corrected chi connectivity index (χ2v) is 3.36. The van der Waals surface area contributed by atoms with Gasteiger partial charge in [0.05, 0.1) is 0 Å². The van der Waals surface area contributed by atoms with Crippen LogP contribution in [0.25, 0.3) is 11.6 Å². The van der Waals surface area contributed by atoms with Gasteiger partial charge in [-0.2, -0.15) is 10.1 Å². The van der Waals surface area contributed by atoms with Gasteiger partial charge in [0.15, 0.2) is 5.82 Å². The molecule has 0 aliphatic heterocycles. The molecule has 0 spiro atoms. The van der Waals surface area contributed by atoms with Crippen molar-refractivity contribution in [3.63, 3.8) is 0 Å². The fourth-order valence-corrected chi connectivity index (χ4v) is 1.20. The average molecular weight is 207 g/mol. The van der Waals surface area contributed by atoms with E-state index >= 15 is 0 Å². The van der Waals surface area contributed by atoms with E-state index in [1.807, 2.05) is 6.92 Å². The molecule has 2 heterocycles. The van der Waals surface area contributed by atoms with Crippen LogP contribution in [0.15, 0.2) is 16.8 Å². The third-order valence-electron chi connectivity index (χ3n) is 2.17. The fraction of sp³-hybridized carbons (Fsp3) is 0.444. The average Bonchev–Trinajstić information content (AvgIpc) is 2.85. The molecular formula is C9H13N5O. The van der Waals surface area contributed by atoms with Crippen LogP contribution in [0.3, 0.4) is 0 Å². The van der Waals surface area contributed by atoms with E-state index in [1.54, 1.807) is 12.3 Å². The van der Waals surface area contributed by atoms with Crippen molar-refractivity contribution in [3.05, 3.63) is 18.1 Å². The topological polar surface area (TPSA) is 93.6 Å². The summed E-state index contributed by atoms with van der Waals surface area (Å²) in [5, 5.41) is 10.4. The van der Waals surface area contributed by atoms with Crippen LogP contribution in [-0.4, -0.2) is 26.4 Å². The standard InChI is InChI=1S/C9H13N5O/c1-2-6(10)5-8-12-9(15-14-8)7-3-4-11-13-7/h3-4,6H,2,5,10H2,1H3,(H,11,13). The predicted octanol–water partition coefficient (Wildman–Crippen LogP) is 0.739. The maximum atomic E-state index is 5.79. The van der Waals surface area contributed by atoms with Gasteiger partial charge in [0, 0.05) is 18.7 Å². The number of nitrogens with one attached hydrogen (secondary N) is 1. The number of nitrogens with two attached hydrogens (primary N) is 1. The van der Waals surface area contributed by atoms with Crippen molar-refractivity contribution in [1.82, 2.24) is 20.3 Å². The maximum absolute atomic E-state index is 5.79. The van der Waals surface area contributed by atoms with Crippen LogP contribution in [0.2, 0.25) is 0 Å². The lowest BCUT2D eigenvalue weighted by Gasteiger charge is -2.02. The second-order valence-electron chi connectivity index (χ2n) is 3.36. The van der Waals surface area contributed by atoms with Gasteiger partial charge in [-0.25, -0.2) is 0 Å². The van der Waals surface area contributed by atoms with Crippen molar-refractivity contribution in [2.24, 2.45) is 5.73 Å². The number of aromatic amines is 1. The Balaban J connectivity index is 2.11. The first-order valence-corrected chi connectivity index (χ1v) is 4.87. The van der Waals surface area contributed by atoms with Crippen molar-refractivity contribution in [2.75, 3.05) is 0 Å². The molecule has 0 bridgehead atoms. The highest BCUT2D eigenvalue weighted by Crippen LogP contribution is 2.13. The quantitative estimate of drug-likeness (QED) is 0.771. The normalized spacial score (nSPS) is 12.9. The molecule has 0 amide bonds. The molecular weight excluding hydrogens is 194 g/mol. The number of nitrogens with zero attached hydrogens (tertiary/aromatic N) is 3. The molecule has 0 saturated carbocycles. The predicted molar refractivity (Wildman–Crippen MR) is 53.9 cm³/mol. The Hall–Kier alpha value is -1.69. The summed E-state index contributed by atoms with van der Waals surface area (Å²) in [6.07, 6.45) is 3.17. The number of aromatic nitrogens is 4. The Labute approximate surface area is 86.9 Å². The van der Waals surface area contributed by atoms with Gasteiger partial charge in [-0.3, -0.25) is 5.10 Å². The van der Waals surface area contributed by atoms with E-state index in [0.29, 0.717) is 18.1 Å². The van der Waals surface area contributed by atoms with Crippen molar-refractivity contribution in [1.29, 1.82) is 0 Å². The number of rotatable bonds is 4. The molecule has 80 valence electrons. The largest absolute Gasteiger partial charge is 0.332 e. The first-order valence-electron chi connectivity index (χ1n) is 4.87. The van der Waals surface area contributed by atoms with E-state index in [4.69, 9.17) is 10.3 Å². The summed E-state index contributed by atoms with van der Waals surface area (Å²) in [7, 11) is 0. The molecule has 0 aromatic carbocycles. The molecule has 2 rings (SSSR count). The molecule has 0 aliphatic carbocycles. The highest BCUT2D eigenvalue weighted by molar-refractivity contribution is 5.44. The van der Waals surface area contributed by atoms with Crippen LogP contribution < -0.4 is 5.73 Å². The van der Waals surface area contributed by atoms with Crippen LogP contribution in [0, 0.1) is 0 Å². The summed E-state index contributed by atoms with van der Waals surface area (Å²) < 4.78 is 5.07. The van der Waals surface area contributed by atoms with Gasteiger partial charge in [0.2, 0.25) is 0 Å². The van der Waals surface area contributed by atoms with Crippen LogP contribution in [-0.2, 0) is 6.42 Å². The Morgan fingerprint density at radius 3 is 3.13 bits per heavy atom. The zero-order valence-corrected chi connectivity index (χ0v) is 8.47. The molecule has 1 unspecified atom stereocenters. The van der Waals surface area contributed by atoms with Crippen molar-refractivity contribution in [2.45, 2.75) is 25.8 Å². The number of hydrogen-bond donors (Lipinski definition) is 2. The van der Waals surface area contributed by atoms with E-state index in [-0.39, 0.29) is 6.04 Å². The monoisotopic (exact) mass is 207 g/mol. The van der Waals surface area contributed by atoms with Gasteiger partial charge >= 0.3 is 0 Å². The first kappa shape index (κ1) is 9.85. The molecule has 0 saturated heterocycles. The lowest BCUT2D eigenvalue weighted by atomic mass is 10.2.